The van der Waals surface area contributed by atoms with Crippen molar-refractivity contribution in [3.8, 4) is 0 Å². The van der Waals surface area contributed by atoms with E-state index < -0.39 is 23.6 Å². The quantitative estimate of drug-likeness (QED) is 0.321. The third-order valence-electron chi connectivity index (χ3n) is 3.88. The maximum absolute atomic E-state index is 13.5. The molecule has 0 radical (unpaired) electrons. The van der Waals surface area contributed by atoms with Gasteiger partial charge in [0.15, 0.2) is 5.82 Å². The number of para-hydroxylation sites is 1. The van der Waals surface area contributed by atoms with Crippen molar-refractivity contribution >= 4 is 52.9 Å². The maximum atomic E-state index is 13.5. The Kier molecular flexibility index (Phi) is 5.81. The molecule has 3 aromatic rings. The molecule has 0 aliphatic heterocycles. The molecule has 29 heavy (non-hydrogen) atoms. The summed E-state index contributed by atoms with van der Waals surface area (Å²) < 4.78 is 26.0. The Labute approximate surface area is 170 Å². The Bertz CT molecular complexity index is 1140. The summed E-state index contributed by atoms with van der Waals surface area (Å²) in [5.74, 6) is -0.603. The smallest absolute Gasteiger partial charge is 0.306 e. The second kappa shape index (κ2) is 8.14. The first-order chi connectivity index (χ1) is 13.6. The predicted octanol–water partition coefficient (Wildman–Crippen LogP) is 4.91. The van der Waals surface area contributed by atoms with Crippen LogP contribution in [0.25, 0.3) is 0 Å². The normalized spacial score (nSPS) is 11.2. The van der Waals surface area contributed by atoms with Gasteiger partial charge in [-0.1, -0.05) is 23.7 Å². The molecule has 0 saturated heterocycles. The molecule has 0 fully saturated rings. The van der Waals surface area contributed by atoms with Gasteiger partial charge in [-0.25, -0.2) is 4.98 Å². The van der Waals surface area contributed by atoms with Crippen molar-refractivity contribution in [3.05, 3.63) is 69.6 Å². The minimum Gasteiger partial charge on any atom is -0.338 e. The van der Waals surface area contributed by atoms with Gasteiger partial charge in [-0.3, -0.25) is 10.1 Å². The lowest BCUT2D eigenvalue weighted by Crippen LogP contribution is -2.11. The van der Waals surface area contributed by atoms with Crippen LogP contribution < -0.4 is 15.9 Å². The zero-order chi connectivity index (χ0) is 21.2. The minimum atomic E-state index is -2.56. The molecule has 2 N–H and O–H groups in total. The molecule has 0 atom stereocenters. The van der Waals surface area contributed by atoms with Crippen LogP contribution in [0.4, 0.5) is 33.2 Å². The molecule has 1 heterocycles. The summed E-state index contributed by atoms with van der Waals surface area (Å²) in [5, 5.41) is 17.6. The third kappa shape index (κ3) is 4.88. The number of nitrogens with one attached hydrogen (secondary N) is 2. The third-order valence-corrected chi connectivity index (χ3v) is 5.71. The lowest BCUT2D eigenvalue weighted by molar-refractivity contribution is -0.387. The average molecular weight is 436 g/mol. The molecule has 0 aliphatic carbocycles. The molecule has 0 bridgehead atoms. The van der Waals surface area contributed by atoms with E-state index in [0.717, 1.165) is 12.1 Å². The summed E-state index contributed by atoms with van der Waals surface area (Å²) >= 11 is 6.18. The number of halogens is 2. The standard InChI is InChI=1S/C18H16ClFN5O3P/c1-29(2,28)16-6-4-3-5-14(16)23-17-12(19)10-21-18(24-17)22-11-7-8-13(20)15(9-11)25(26)27/h3-10H,1-2H3,(H2,21,22,23,24). The monoisotopic (exact) mass is 435 g/mol. The Balaban J connectivity index is 1.91. The average Bonchev–Trinajstić information content (AvgIpc) is 2.65. The number of nitrogens with zero attached hydrogens (tertiary/aromatic N) is 3. The van der Waals surface area contributed by atoms with Crippen LogP contribution >= 0.6 is 18.7 Å². The zero-order valence-corrected chi connectivity index (χ0v) is 17.0. The zero-order valence-electron chi connectivity index (χ0n) is 15.4. The topological polar surface area (TPSA) is 110 Å². The van der Waals surface area contributed by atoms with Crippen LogP contribution in [0, 0.1) is 15.9 Å². The molecule has 0 spiro atoms. The lowest BCUT2D eigenvalue weighted by atomic mass is 10.2. The van der Waals surface area contributed by atoms with E-state index in [1.165, 1.54) is 12.3 Å². The second-order valence-corrected chi connectivity index (χ2v) is 10.0. The van der Waals surface area contributed by atoms with Crippen LogP contribution in [-0.4, -0.2) is 28.2 Å². The van der Waals surface area contributed by atoms with Crippen molar-refractivity contribution in [1.29, 1.82) is 0 Å². The highest BCUT2D eigenvalue weighted by atomic mass is 35.5. The molecular weight excluding hydrogens is 420 g/mol. The Morgan fingerprint density at radius 1 is 1.17 bits per heavy atom. The van der Waals surface area contributed by atoms with E-state index in [9.17, 15) is 19.1 Å². The molecular formula is C18H16ClFN5O3P. The van der Waals surface area contributed by atoms with Gasteiger partial charge in [-0.2, -0.15) is 9.37 Å². The first-order valence-corrected chi connectivity index (χ1v) is 11.3. The summed E-state index contributed by atoms with van der Waals surface area (Å²) in [6, 6.07) is 10.4. The van der Waals surface area contributed by atoms with Gasteiger partial charge in [-0.05, 0) is 37.6 Å². The number of hydrogen-bond acceptors (Lipinski definition) is 7. The number of benzene rings is 2. The van der Waals surface area contributed by atoms with E-state index >= 15 is 0 Å². The van der Waals surface area contributed by atoms with Gasteiger partial charge < -0.3 is 15.2 Å². The van der Waals surface area contributed by atoms with E-state index in [4.69, 9.17) is 11.6 Å². The van der Waals surface area contributed by atoms with Crippen molar-refractivity contribution in [3.63, 3.8) is 0 Å². The highest BCUT2D eigenvalue weighted by molar-refractivity contribution is 7.70. The predicted molar refractivity (Wildman–Crippen MR) is 112 cm³/mol. The van der Waals surface area contributed by atoms with Crippen molar-refractivity contribution in [2.24, 2.45) is 0 Å². The van der Waals surface area contributed by atoms with Crippen molar-refractivity contribution < 1.29 is 13.9 Å². The summed E-state index contributed by atoms with van der Waals surface area (Å²) in [5.41, 5.74) is 0.154. The van der Waals surface area contributed by atoms with Crippen LogP contribution in [0.1, 0.15) is 0 Å². The molecule has 11 heteroatoms. The summed E-state index contributed by atoms with van der Waals surface area (Å²) in [7, 11) is -2.56. The van der Waals surface area contributed by atoms with Gasteiger partial charge in [0.1, 0.15) is 12.2 Å². The van der Waals surface area contributed by atoms with Crippen molar-refractivity contribution in [1.82, 2.24) is 9.97 Å². The van der Waals surface area contributed by atoms with Crippen molar-refractivity contribution in [2.75, 3.05) is 24.0 Å². The van der Waals surface area contributed by atoms with Gasteiger partial charge in [0.05, 0.1) is 16.8 Å². The highest BCUT2D eigenvalue weighted by Crippen LogP contribution is 2.38. The number of anilines is 4. The first kappa shape index (κ1) is 20.7. The fourth-order valence-electron chi connectivity index (χ4n) is 2.55. The van der Waals surface area contributed by atoms with E-state index in [2.05, 4.69) is 20.6 Å². The maximum Gasteiger partial charge on any atom is 0.306 e. The van der Waals surface area contributed by atoms with E-state index in [1.54, 1.807) is 37.6 Å². The fourth-order valence-corrected chi connectivity index (χ4v) is 3.84. The van der Waals surface area contributed by atoms with Gasteiger partial charge >= 0.3 is 5.69 Å². The van der Waals surface area contributed by atoms with Crippen LogP contribution in [0.2, 0.25) is 5.02 Å². The molecule has 3 rings (SSSR count). The van der Waals surface area contributed by atoms with Gasteiger partial charge in [0.2, 0.25) is 11.8 Å². The molecule has 0 amide bonds. The molecule has 2 aromatic carbocycles. The van der Waals surface area contributed by atoms with E-state index in [0.29, 0.717) is 11.0 Å². The van der Waals surface area contributed by atoms with Gasteiger partial charge in [-0.15, -0.1) is 0 Å². The molecule has 8 nitrogen and oxygen atoms in total. The van der Waals surface area contributed by atoms with Crippen LogP contribution in [-0.2, 0) is 4.57 Å². The second-order valence-electron chi connectivity index (χ2n) is 6.43. The van der Waals surface area contributed by atoms with Gasteiger partial charge in [0.25, 0.3) is 0 Å². The first-order valence-electron chi connectivity index (χ1n) is 8.30. The number of rotatable bonds is 6. The Hall–Kier alpha value is -3.03. The fraction of sp³-hybridized carbons (Fsp3) is 0.111. The highest BCUT2D eigenvalue weighted by Gasteiger charge is 2.18. The van der Waals surface area contributed by atoms with Crippen LogP contribution in [0.3, 0.4) is 0 Å². The molecule has 1 aromatic heterocycles. The molecule has 150 valence electrons. The van der Waals surface area contributed by atoms with E-state index in [1.807, 2.05) is 0 Å². The minimum absolute atomic E-state index is 0.0893. The van der Waals surface area contributed by atoms with E-state index in [-0.39, 0.29) is 22.5 Å². The number of nitro benzene ring substituents is 1. The summed E-state index contributed by atoms with van der Waals surface area (Å²) in [4.78, 5) is 18.4. The largest absolute Gasteiger partial charge is 0.338 e. The summed E-state index contributed by atoms with van der Waals surface area (Å²) in [6.45, 7) is 3.31. The van der Waals surface area contributed by atoms with Crippen LogP contribution in [0.15, 0.2) is 48.7 Å². The number of nitro groups is 1. The molecule has 0 aliphatic rings. The number of hydrogen-bond donors (Lipinski definition) is 2. The SMILES string of the molecule is CP(C)(=O)c1ccccc1Nc1nc(Nc2ccc(F)c([N+](=O)[O-])c2)ncc1Cl. The number of aromatic nitrogens is 2. The molecule has 0 unspecified atom stereocenters. The molecule has 0 saturated carbocycles. The van der Waals surface area contributed by atoms with Gasteiger partial charge in [0, 0.05) is 17.1 Å². The summed E-state index contributed by atoms with van der Waals surface area (Å²) in [6.07, 6.45) is 1.34. The van der Waals surface area contributed by atoms with Crippen LogP contribution in [0.5, 0.6) is 0 Å². The Morgan fingerprint density at radius 2 is 1.90 bits per heavy atom. The Morgan fingerprint density at radius 3 is 2.59 bits per heavy atom. The lowest BCUT2D eigenvalue weighted by Gasteiger charge is -2.15. The van der Waals surface area contributed by atoms with Crippen molar-refractivity contribution in [2.45, 2.75) is 0 Å².